The molecule has 0 aliphatic heterocycles. The molecule has 0 unspecified atom stereocenters. The minimum absolute atomic E-state index is 0.222. The van der Waals surface area contributed by atoms with Gasteiger partial charge in [-0.1, -0.05) is 17.4 Å². The van der Waals surface area contributed by atoms with Gasteiger partial charge in [0, 0.05) is 11.3 Å². The fourth-order valence-electron chi connectivity index (χ4n) is 2.07. The van der Waals surface area contributed by atoms with Crippen molar-refractivity contribution in [3.05, 3.63) is 47.8 Å². The molecule has 2 aromatic carbocycles. The van der Waals surface area contributed by atoms with Crippen LogP contribution in [-0.4, -0.2) is 11.6 Å². The Kier molecular flexibility index (Phi) is 3.75. The second kappa shape index (κ2) is 5.69. The first-order valence-electron chi connectivity index (χ1n) is 6.73. The SMILES string of the molecule is CCOc1ccc2nc(Nc3cccc(F)c3C)sc2c1. The maximum absolute atomic E-state index is 13.6. The minimum atomic E-state index is -0.222. The van der Waals surface area contributed by atoms with Crippen molar-refractivity contribution in [3.8, 4) is 5.75 Å². The molecule has 0 atom stereocenters. The Morgan fingerprint density at radius 1 is 1.29 bits per heavy atom. The summed E-state index contributed by atoms with van der Waals surface area (Å²) in [5, 5.41) is 3.92. The number of benzene rings is 2. The van der Waals surface area contributed by atoms with Crippen molar-refractivity contribution in [3.63, 3.8) is 0 Å². The zero-order valence-corrected chi connectivity index (χ0v) is 12.6. The lowest BCUT2D eigenvalue weighted by Gasteiger charge is -2.06. The quantitative estimate of drug-likeness (QED) is 0.745. The normalized spacial score (nSPS) is 10.8. The van der Waals surface area contributed by atoms with Gasteiger partial charge in [0.15, 0.2) is 5.13 Å². The first kappa shape index (κ1) is 13.8. The Morgan fingerprint density at radius 3 is 2.95 bits per heavy atom. The first-order valence-corrected chi connectivity index (χ1v) is 7.54. The zero-order chi connectivity index (χ0) is 14.8. The first-order chi connectivity index (χ1) is 10.2. The average Bonchev–Trinajstić information content (AvgIpc) is 2.86. The molecule has 1 heterocycles. The van der Waals surface area contributed by atoms with E-state index >= 15 is 0 Å². The molecule has 0 aliphatic carbocycles. The molecule has 0 saturated carbocycles. The molecule has 3 rings (SSSR count). The van der Waals surface area contributed by atoms with Crippen LogP contribution < -0.4 is 10.1 Å². The maximum Gasteiger partial charge on any atom is 0.188 e. The molecule has 0 fully saturated rings. The van der Waals surface area contributed by atoms with E-state index in [0.717, 1.165) is 26.8 Å². The summed E-state index contributed by atoms with van der Waals surface area (Å²) in [6.45, 7) is 4.34. The summed E-state index contributed by atoms with van der Waals surface area (Å²) in [6, 6.07) is 10.8. The predicted molar refractivity (Wildman–Crippen MR) is 85.2 cm³/mol. The largest absolute Gasteiger partial charge is 0.494 e. The molecule has 3 aromatic rings. The van der Waals surface area contributed by atoms with Crippen LogP contribution >= 0.6 is 11.3 Å². The molecule has 0 spiro atoms. The highest BCUT2D eigenvalue weighted by Crippen LogP contribution is 2.32. The van der Waals surface area contributed by atoms with Crippen LogP contribution in [0.1, 0.15) is 12.5 Å². The van der Waals surface area contributed by atoms with Crippen molar-refractivity contribution in [2.24, 2.45) is 0 Å². The second-order valence-electron chi connectivity index (χ2n) is 4.62. The van der Waals surface area contributed by atoms with Crippen LogP contribution in [0.5, 0.6) is 5.75 Å². The number of fused-ring (bicyclic) bond motifs is 1. The number of ether oxygens (including phenoxy) is 1. The van der Waals surface area contributed by atoms with E-state index in [9.17, 15) is 4.39 Å². The van der Waals surface area contributed by atoms with E-state index in [-0.39, 0.29) is 5.82 Å². The molecule has 0 bridgehead atoms. The zero-order valence-electron chi connectivity index (χ0n) is 11.8. The van der Waals surface area contributed by atoms with Gasteiger partial charge in [-0.25, -0.2) is 9.37 Å². The summed E-state index contributed by atoms with van der Waals surface area (Å²) in [6.07, 6.45) is 0. The van der Waals surface area contributed by atoms with E-state index < -0.39 is 0 Å². The van der Waals surface area contributed by atoms with E-state index in [1.54, 1.807) is 13.0 Å². The molecule has 1 N–H and O–H groups in total. The van der Waals surface area contributed by atoms with Gasteiger partial charge in [0.05, 0.1) is 16.8 Å². The van der Waals surface area contributed by atoms with Gasteiger partial charge in [0.25, 0.3) is 0 Å². The fourth-order valence-corrected chi connectivity index (χ4v) is 2.98. The van der Waals surface area contributed by atoms with Gasteiger partial charge in [-0.3, -0.25) is 0 Å². The van der Waals surface area contributed by atoms with Crippen LogP contribution in [0.3, 0.4) is 0 Å². The topological polar surface area (TPSA) is 34.1 Å². The summed E-state index contributed by atoms with van der Waals surface area (Å²) < 4.78 is 20.1. The highest BCUT2D eigenvalue weighted by molar-refractivity contribution is 7.22. The van der Waals surface area contributed by atoms with Crippen molar-refractivity contribution >= 4 is 32.4 Å². The highest BCUT2D eigenvalue weighted by Gasteiger charge is 2.08. The summed E-state index contributed by atoms with van der Waals surface area (Å²) in [4.78, 5) is 4.51. The lowest BCUT2D eigenvalue weighted by molar-refractivity contribution is 0.341. The third-order valence-electron chi connectivity index (χ3n) is 3.18. The smallest absolute Gasteiger partial charge is 0.188 e. The van der Waals surface area contributed by atoms with Gasteiger partial charge in [0.1, 0.15) is 11.6 Å². The van der Waals surface area contributed by atoms with E-state index in [4.69, 9.17) is 4.74 Å². The van der Waals surface area contributed by atoms with Gasteiger partial charge in [0.2, 0.25) is 0 Å². The van der Waals surface area contributed by atoms with E-state index in [2.05, 4.69) is 10.3 Å². The van der Waals surface area contributed by atoms with Gasteiger partial charge >= 0.3 is 0 Å². The summed E-state index contributed by atoms with van der Waals surface area (Å²) >= 11 is 1.52. The minimum Gasteiger partial charge on any atom is -0.494 e. The summed E-state index contributed by atoms with van der Waals surface area (Å²) in [5.41, 5.74) is 2.23. The number of hydrogen-bond donors (Lipinski definition) is 1. The molecule has 0 saturated heterocycles. The van der Waals surface area contributed by atoms with E-state index in [1.807, 2.05) is 31.2 Å². The Balaban J connectivity index is 1.92. The number of halogens is 1. The number of rotatable bonds is 4. The Labute approximate surface area is 126 Å². The van der Waals surface area contributed by atoms with Crippen LogP contribution in [0.2, 0.25) is 0 Å². The fraction of sp³-hybridized carbons (Fsp3) is 0.188. The molecular weight excluding hydrogens is 287 g/mol. The predicted octanol–water partition coefficient (Wildman–Crippen LogP) is 4.89. The van der Waals surface area contributed by atoms with E-state index in [0.29, 0.717) is 12.2 Å². The lowest BCUT2D eigenvalue weighted by Crippen LogP contribution is -1.94. The number of nitrogens with zero attached hydrogens (tertiary/aromatic N) is 1. The number of aromatic nitrogens is 1. The molecule has 3 nitrogen and oxygen atoms in total. The van der Waals surface area contributed by atoms with Gasteiger partial charge < -0.3 is 10.1 Å². The third kappa shape index (κ3) is 2.83. The number of hydrogen-bond acceptors (Lipinski definition) is 4. The molecule has 0 aliphatic rings. The molecule has 108 valence electrons. The third-order valence-corrected chi connectivity index (χ3v) is 4.11. The summed E-state index contributed by atoms with van der Waals surface area (Å²) in [5.74, 6) is 0.613. The highest BCUT2D eigenvalue weighted by atomic mass is 32.1. The van der Waals surface area contributed by atoms with Gasteiger partial charge in [-0.05, 0) is 44.2 Å². The molecule has 0 radical (unpaired) electrons. The Hall–Kier alpha value is -2.14. The maximum atomic E-state index is 13.6. The van der Waals surface area contributed by atoms with Crippen LogP contribution in [0, 0.1) is 12.7 Å². The Morgan fingerprint density at radius 2 is 2.14 bits per heavy atom. The average molecular weight is 302 g/mol. The number of thiazole rings is 1. The molecule has 0 amide bonds. The summed E-state index contributed by atoms with van der Waals surface area (Å²) in [7, 11) is 0. The van der Waals surface area contributed by atoms with Crippen molar-refractivity contribution < 1.29 is 9.13 Å². The monoisotopic (exact) mass is 302 g/mol. The molecule has 21 heavy (non-hydrogen) atoms. The standard InChI is InChI=1S/C16H15FN2OS/c1-3-20-11-7-8-14-15(9-11)21-16(19-14)18-13-6-4-5-12(17)10(13)2/h4-9H,3H2,1-2H3,(H,18,19). The van der Waals surface area contributed by atoms with Crippen LogP contribution in [-0.2, 0) is 0 Å². The second-order valence-corrected chi connectivity index (χ2v) is 5.65. The van der Waals surface area contributed by atoms with Crippen molar-refractivity contribution in [1.29, 1.82) is 0 Å². The van der Waals surface area contributed by atoms with Crippen LogP contribution in [0.25, 0.3) is 10.2 Å². The lowest BCUT2D eigenvalue weighted by atomic mass is 10.2. The number of anilines is 2. The number of nitrogens with one attached hydrogen (secondary N) is 1. The van der Waals surface area contributed by atoms with Crippen molar-refractivity contribution in [2.75, 3.05) is 11.9 Å². The molecular formula is C16H15FN2OS. The van der Waals surface area contributed by atoms with Gasteiger partial charge in [-0.2, -0.15) is 0 Å². The van der Waals surface area contributed by atoms with Crippen LogP contribution in [0.15, 0.2) is 36.4 Å². The van der Waals surface area contributed by atoms with E-state index in [1.165, 1.54) is 17.4 Å². The molecule has 5 heteroatoms. The van der Waals surface area contributed by atoms with Crippen molar-refractivity contribution in [2.45, 2.75) is 13.8 Å². The van der Waals surface area contributed by atoms with Gasteiger partial charge in [-0.15, -0.1) is 0 Å². The van der Waals surface area contributed by atoms with Crippen LogP contribution in [0.4, 0.5) is 15.2 Å². The molecule has 1 aromatic heterocycles. The Bertz CT molecular complexity index is 785. The van der Waals surface area contributed by atoms with Crippen molar-refractivity contribution in [1.82, 2.24) is 4.98 Å².